The molecule has 2 aliphatic heterocycles. The third kappa shape index (κ3) is 4.06. The highest BCUT2D eigenvalue weighted by Crippen LogP contribution is 2.34. The van der Waals surface area contributed by atoms with Crippen LogP contribution in [0.1, 0.15) is 52.4 Å². The molecule has 0 radical (unpaired) electrons. The molecular formula is C18H30N2O3. The van der Waals surface area contributed by atoms with Crippen LogP contribution in [-0.4, -0.2) is 60.0 Å². The first-order valence-corrected chi connectivity index (χ1v) is 9.27. The molecule has 0 spiro atoms. The van der Waals surface area contributed by atoms with Crippen molar-refractivity contribution in [1.82, 2.24) is 9.80 Å². The molecule has 23 heavy (non-hydrogen) atoms. The summed E-state index contributed by atoms with van der Waals surface area (Å²) in [5.41, 5.74) is 0. The molecule has 3 fully saturated rings. The normalized spacial score (nSPS) is 28.0. The second-order valence-corrected chi connectivity index (χ2v) is 7.71. The van der Waals surface area contributed by atoms with Gasteiger partial charge in [0.1, 0.15) is 6.04 Å². The zero-order chi connectivity index (χ0) is 16.4. The van der Waals surface area contributed by atoms with E-state index in [1.165, 1.54) is 0 Å². The molecule has 1 aliphatic carbocycles. The van der Waals surface area contributed by atoms with Crippen molar-refractivity contribution < 1.29 is 14.3 Å². The van der Waals surface area contributed by atoms with Gasteiger partial charge in [-0.15, -0.1) is 0 Å². The van der Waals surface area contributed by atoms with Crippen LogP contribution in [0.25, 0.3) is 0 Å². The number of nitrogens with zero attached hydrogens (tertiary/aromatic N) is 2. The molecule has 0 aromatic rings. The van der Waals surface area contributed by atoms with Gasteiger partial charge in [-0.3, -0.25) is 9.59 Å². The number of carbonyl (C=O) groups is 2. The summed E-state index contributed by atoms with van der Waals surface area (Å²) in [6.07, 6.45) is 5.96. The average molecular weight is 322 g/mol. The van der Waals surface area contributed by atoms with Crippen molar-refractivity contribution >= 4 is 11.8 Å². The molecule has 0 unspecified atom stereocenters. The van der Waals surface area contributed by atoms with E-state index in [1.807, 2.05) is 9.80 Å². The van der Waals surface area contributed by atoms with Crippen LogP contribution < -0.4 is 0 Å². The van der Waals surface area contributed by atoms with Crippen LogP contribution in [0.3, 0.4) is 0 Å². The van der Waals surface area contributed by atoms with Crippen LogP contribution in [0.4, 0.5) is 0 Å². The Morgan fingerprint density at radius 1 is 1.09 bits per heavy atom. The quantitative estimate of drug-likeness (QED) is 0.752. The number of amides is 2. The first-order chi connectivity index (χ1) is 11.1. The molecular weight excluding hydrogens is 292 g/mol. The Kier molecular flexibility index (Phi) is 5.24. The summed E-state index contributed by atoms with van der Waals surface area (Å²) in [5.74, 6) is 1.21. The molecule has 2 atom stereocenters. The fraction of sp³-hybridized carbons (Fsp3) is 0.889. The van der Waals surface area contributed by atoms with E-state index in [4.69, 9.17) is 4.74 Å². The van der Waals surface area contributed by atoms with Gasteiger partial charge in [0.05, 0.1) is 6.10 Å². The monoisotopic (exact) mass is 322 g/mol. The van der Waals surface area contributed by atoms with Crippen LogP contribution in [-0.2, 0) is 14.3 Å². The van der Waals surface area contributed by atoms with E-state index in [9.17, 15) is 9.59 Å². The van der Waals surface area contributed by atoms with Crippen LogP contribution in [0, 0.1) is 11.8 Å². The van der Waals surface area contributed by atoms with Gasteiger partial charge in [0, 0.05) is 32.2 Å². The van der Waals surface area contributed by atoms with Crippen molar-refractivity contribution in [2.75, 3.05) is 26.2 Å². The summed E-state index contributed by atoms with van der Waals surface area (Å²) in [6.45, 7) is 7.39. The van der Waals surface area contributed by atoms with Crippen LogP contribution >= 0.6 is 0 Å². The Morgan fingerprint density at radius 2 is 1.87 bits per heavy atom. The molecule has 1 saturated carbocycles. The van der Waals surface area contributed by atoms with Crippen LogP contribution in [0.15, 0.2) is 0 Å². The van der Waals surface area contributed by atoms with Crippen molar-refractivity contribution in [2.45, 2.75) is 64.5 Å². The van der Waals surface area contributed by atoms with Gasteiger partial charge in [0.25, 0.3) is 0 Å². The van der Waals surface area contributed by atoms with E-state index in [1.54, 1.807) is 0 Å². The Hall–Kier alpha value is -1.10. The lowest BCUT2D eigenvalue weighted by molar-refractivity contribution is -0.144. The van der Waals surface area contributed by atoms with E-state index in [2.05, 4.69) is 13.8 Å². The zero-order valence-electron chi connectivity index (χ0n) is 14.5. The van der Waals surface area contributed by atoms with Gasteiger partial charge in [0.15, 0.2) is 0 Å². The van der Waals surface area contributed by atoms with Gasteiger partial charge in [-0.1, -0.05) is 13.8 Å². The molecule has 0 aromatic heterocycles. The zero-order valence-corrected chi connectivity index (χ0v) is 14.5. The highest BCUT2D eigenvalue weighted by molar-refractivity contribution is 5.90. The highest BCUT2D eigenvalue weighted by atomic mass is 16.5. The lowest BCUT2D eigenvalue weighted by Crippen LogP contribution is -2.47. The molecule has 3 aliphatic rings. The van der Waals surface area contributed by atoms with Crippen molar-refractivity contribution in [3.05, 3.63) is 0 Å². The molecule has 5 nitrogen and oxygen atoms in total. The Labute approximate surface area is 139 Å². The highest BCUT2D eigenvalue weighted by Gasteiger charge is 2.43. The van der Waals surface area contributed by atoms with Gasteiger partial charge in [-0.05, 0) is 44.4 Å². The van der Waals surface area contributed by atoms with Crippen molar-refractivity contribution in [1.29, 1.82) is 0 Å². The first-order valence-electron chi connectivity index (χ1n) is 9.27. The lowest BCUT2D eigenvalue weighted by Gasteiger charge is -2.28. The van der Waals surface area contributed by atoms with Crippen molar-refractivity contribution in [2.24, 2.45) is 11.8 Å². The van der Waals surface area contributed by atoms with Crippen molar-refractivity contribution in [3.8, 4) is 0 Å². The van der Waals surface area contributed by atoms with E-state index < -0.39 is 0 Å². The molecule has 3 rings (SSSR count). The number of hydrogen-bond acceptors (Lipinski definition) is 3. The first kappa shape index (κ1) is 16.7. The van der Waals surface area contributed by atoms with E-state index in [-0.39, 0.29) is 29.9 Å². The molecule has 0 bridgehead atoms. The molecule has 0 N–H and O–H groups in total. The summed E-state index contributed by atoms with van der Waals surface area (Å²) >= 11 is 0. The number of rotatable bonds is 6. The summed E-state index contributed by atoms with van der Waals surface area (Å²) < 4.78 is 5.90. The fourth-order valence-corrected chi connectivity index (χ4v) is 3.60. The van der Waals surface area contributed by atoms with Crippen LogP contribution in [0.2, 0.25) is 0 Å². The van der Waals surface area contributed by atoms with Gasteiger partial charge >= 0.3 is 0 Å². The van der Waals surface area contributed by atoms with Gasteiger partial charge in [-0.2, -0.15) is 0 Å². The second kappa shape index (κ2) is 7.20. The number of carbonyl (C=O) groups excluding carboxylic acids is 2. The number of ether oxygens (including phenoxy) is 1. The third-order valence-corrected chi connectivity index (χ3v) is 5.25. The number of hydrogen-bond donors (Lipinski definition) is 0. The Bertz CT molecular complexity index is 448. The summed E-state index contributed by atoms with van der Waals surface area (Å²) in [6, 6.07) is -0.211. The third-order valence-electron chi connectivity index (χ3n) is 5.25. The second-order valence-electron chi connectivity index (χ2n) is 7.71. The predicted octanol–water partition coefficient (Wildman–Crippen LogP) is 2.05. The van der Waals surface area contributed by atoms with E-state index in [0.29, 0.717) is 12.5 Å². The van der Waals surface area contributed by atoms with Gasteiger partial charge < -0.3 is 14.5 Å². The fourth-order valence-electron chi connectivity index (χ4n) is 3.60. The summed E-state index contributed by atoms with van der Waals surface area (Å²) in [7, 11) is 0. The molecule has 0 aromatic carbocycles. The van der Waals surface area contributed by atoms with Gasteiger partial charge in [0.2, 0.25) is 11.8 Å². The largest absolute Gasteiger partial charge is 0.376 e. The average Bonchev–Trinajstić information content (AvgIpc) is 3.07. The predicted molar refractivity (Wildman–Crippen MR) is 87.9 cm³/mol. The SMILES string of the molecule is CC(C)CCO[C@H]1CCN(C(=O)[C@H]2CCCN2C(=O)C2CC2)C1. The summed E-state index contributed by atoms with van der Waals surface area (Å²) in [4.78, 5) is 28.9. The maximum absolute atomic E-state index is 12.8. The molecule has 2 saturated heterocycles. The van der Waals surface area contributed by atoms with Crippen molar-refractivity contribution in [3.63, 3.8) is 0 Å². The topological polar surface area (TPSA) is 49.9 Å². The lowest BCUT2D eigenvalue weighted by atomic mass is 10.1. The van der Waals surface area contributed by atoms with Gasteiger partial charge in [-0.25, -0.2) is 0 Å². The molecule has 2 amide bonds. The standard InChI is InChI=1S/C18H30N2O3/c1-13(2)8-11-23-15-7-10-19(12-15)18(22)16-4-3-9-20(16)17(21)14-5-6-14/h13-16H,3-12H2,1-2H3/t15-,16+/m0/s1. The van der Waals surface area contributed by atoms with E-state index >= 15 is 0 Å². The molecule has 130 valence electrons. The maximum atomic E-state index is 12.8. The summed E-state index contributed by atoms with van der Waals surface area (Å²) in [5, 5.41) is 0. The minimum absolute atomic E-state index is 0.145. The Morgan fingerprint density at radius 3 is 2.57 bits per heavy atom. The maximum Gasteiger partial charge on any atom is 0.245 e. The molecule has 2 heterocycles. The smallest absolute Gasteiger partial charge is 0.245 e. The van der Waals surface area contributed by atoms with E-state index in [0.717, 1.165) is 58.2 Å². The minimum Gasteiger partial charge on any atom is -0.376 e. The minimum atomic E-state index is -0.211. The Balaban J connectivity index is 1.49. The molecule has 5 heteroatoms. The number of likely N-dealkylation sites (tertiary alicyclic amines) is 2. The van der Waals surface area contributed by atoms with Crippen LogP contribution in [0.5, 0.6) is 0 Å².